The summed E-state index contributed by atoms with van der Waals surface area (Å²) in [7, 11) is 0. The van der Waals surface area contributed by atoms with E-state index in [1.54, 1.807) is 16.7 Å². The molecule has 0 unspecified atom stereocenters. The Kier molecular flexibility index (Phi) is 6.95. The first-order valence-electron chi connectivity index (χ1n) is 11.5. The number of hydrogen-bond acceptors (Lipinski definition) is 3. The number of rotatable bonds is 5. The maximum Gasteiger partial charge on any atom is 0.270 e. The fourth-order valence-corrected chi connectivity index (χ4v) is 4.82. The lowest BCUT2D eigenvalue weighted by atomic mass is 9.83. The van der Waals surface area contributed by atoms with Crippen molar-refractivity contribution < 1.29 is 23.2 Å². The van der Waals surface area contributed by atoms with Crippen molar-refractivity contribution in [1.29, 1.82) is 0 Å². The van der Waals surface area contributed by atoms with Crippen molar-refractivity contribution in [2.45, 2.75) is 45.1 Å². The molecular weight excluding hydrogens is 430 g/mol. The highest BCUT2D eigenvalue weighted by Gasteiger charge is 2.35. The first kappa shape index (κ1) is 23.2. The molecule has 0 spiro atoms. The Balaban J connectivity index is 1.41. The zero-order valence-electron chi connectivity index (χ0n) is 18.7. The summed E-state index contributed by atoms with van der Waals surface area (Å²) < 4.78 is 27.0. The second-order valence-corrected chi connectivity index (χ2v) is 8.83. The Morgan fingerprint density at radius 1 is 1.00 bits per heavy atom. The molecule has 1 aliphatic carbocycles. The summed E-state index contributed by atoms with van der Waals surface area (Å²) in [5.41, 5.74) is 0.602. The molecule has 1 aromatic heterocycles. The molecule has 2 heterocycles. The number of aromatic nitrogens is 1. The number of benzene rings is 1. The predicted molar refractivity (Wildman–Crippen MR) is 119 cm³/mol. The summed E-state index contributed by atoms with van der Waals surface area (Å²) >= 11 is 0. The molecule has 2 aromatic rings. The molecule has 2 fully saturated rings. The summed E-state index contributed by atoms with van der Waals surface area (Å²) in [5.74, 6) is -2.44. The van der Waals surface area contributed by atoms with Crippen LogP contribution in [0.4, 0.5) is 8.78 Å². The molecule has 0 bridgehead atoms. The molecular formula is C24H29F2N4O3. The van der Waals surface area contributed by atoms with Crippen molar-refractivity contribution in [2.75, 3.05) is 26.2 Å². The van der Waals surface area contributed by atoms with Gasteiger partial charge in [-0.25, -0.2) is 8.78 Å². The van der Waals surface area contributed by atoms with Crippen LogP contribution in [0.5, 0.6) is 0 Å². The van der Waals surface area contributed by atoms with E-state index in [4.69, 9.17) is 0 Å². The minimum atomic E-state index is -0.976. The van der Waals surface area contributed by atoms with Gasteiger partial charge in [-0.1, -0.05) is 26.2 Å². The van der Waals surface area contributed by atoms with Gasteiger partial charge in [-0.05, 0) is 30.9 Å². The Morgan fingerprint density at radius 2 is 1.64 bits per heavy atom. The number of amides is 3. The van der Waals surface area contributed by atoms with Gasteiger partial charge in [-0.3, -0.25) is 14.4 Å². The van der Waals surface area contributed by atoms with Gasteiger partial charge < -0.3 is 20.1 Å². The first-order chi connectivity index (χ1) is 15.9. The molecule has 1 saturated carbocycles. The fraction of sp³-hybridized carbons (Fsp3) is 0.500. The average Bonchev–Trinajstić information content (AvgIpc) is 3.25. The molecule has 2 aliphatic rings. The molecule has 1 radical (unpaired) electrons. The van der Waals surface area contributed by atoms with Crippen molar-refractivity contribution >= 4 is 28.6 Å². The summed E-state index contributed by atoms with van der Waals surface area (Å²) in [4.78, 5) is 44.4. The van der Waals surface area contributed by atoms with E-state index in [-0.39, 0.29) is 29.3 Å². The lowest BCUT2D eigenvalue weighted by molar-refractivity contribution is -0.139. The molecule has 9 heteroatoms. The van der Waals surface area contributed by atoms with E-state index >= 15 is 0 Å². The number of hydrogen-bond donors (Lipinski definition) is 2. The van der Waals surface area contributed by atoms with Gasteiger partial charge in [-0.2, -0.15) is 0 Å². The standard InChI is InChI=1S/C24H29F2N4O3/c1-2-21(31)28-22(15-6-4-3-5-7-15)24(33)30-10-8-29(9-11-30)23(32)20-13-16-12-17(25)18(26)14-19(16)27-20/h2,12-15,22,27H,3-11H2,1H3,(H,28,31)/t22-/m0/s1. The lowest BCUT2D eigenvalue weighted by Crippen LogP contribution is -2.57. The number of carbonyl (C=O) groups is 3. The van der Waals surface area contributed by atoms with E-state index in [0.29, 0.717) is 37.1 Å². The smallest absolute Gasteiger partial charge is 0.270 e. The first-order valence-corrected chi connectivity index (χ1v) is 11.5. The van der Waals surface area contributed by atoms with Gasteiger partial charge in [0.15, 0.2) is 11.6 Å². The van der Waals surface area contributed by atoms with Crippen molar-refractivity contribution in [3.63, 3.8) is 0 Å². The van der Waals surface area contributed by atoms with Gasteiger partial charge in [0.2, 0.25) is 11.8 Å². The van der Waals surface area contributed by atoms with E-state index in [0.717, 1.165) is 44.2 Å². The summed E-state index contributed by atoms with van der Waals surface area (Å²) in [6, 6.07) is 3.05. The van der Waals surface area contributed by atoms with Crippen molar-refractivity contribution in [1.82, 2.24) is 20.1 Å². The molecule has 1 aliphatic heterocycles. The number of H-pyrrole nitrogens is 1. The van der Waals surface area contributed by atoms with Crippen LogP contribution in [0.15, 0.2) is 18.2 Å². The van der Waals surface area contributed by atoms with Crippen molar-refractivity contribution in [3.05, 3.63) is 41.9 Å². The Hall–Kier alpha value is -2.97. The van der Waals surface area contributed by atoms with Crippen LogP contribution >= 0.6 is 0 Å². The van der Waals surface area contributed by atoms with Crippen LogP contribution in [0, 0.1) is 24.0 Å². The van der Waals surface area contributed by atoms with Crippen LogP contribution in [0.3, 0.4) is 0 Å². The second-order valence-electron chi connectivity index (χ2n) is 8.83. The van der Waals surface area contributed by atoms with Gasteiger partial charge in [-0.15, -0.1) is 0 Å². The third-order valence-corrected chi connectivity index (χ3v) is 6.72. The summed E-state index contributed by atoms with van der Waals surface area (Å²) in [6.07, 6.45) is 6.53. The van der Waals surface area contributed by atoms with E-state index in [9.17, 15) is 23.2 Å². The number of piperazine rings is 1. The number of nitrogens with one attached hydrogen (secondary N) is 2. The van der Waals surface area contributed by atoms with Gasteiger partial charge in [0, 0.05) is 49.6 Å². The van der Waals surface area contributed by atoms with Gasteiger partial charge in [0.1, 0.15) is 11.7 Å². The molecule has 7 nitrogen and oxygen atoms in total. The maximum absolute atomic E-state index is 13.5. The van der Waals surface area contributed by atoms with Gasteiger partial charge >= 0.3 is 0 Å². The van der Waals surface area contributed by atoms with E-state index in [2.05, 4.69) is 10.3 Å². The molecule has 2 N–H and O–H groups in total. The highest BCUT2D eigenvalue weighted by molar-refractivity contribution is 5.98. The van der Waals surface area contributed by atoms with Crippen LogP contribution in [0.1, 0.15) is 49.5 Å². The lowest BCUT2D eigenvalue weighted by Gasteiger charge is -2.38. The highest BCUT2D eigenvalue weighted by Crippen LogP contribution is 2.28. The Bertz CT molecular complexity index is 1000. The van der Waals surface area contributed by atoms with Gasteiger partial charge in [0.05, 0.1) is 0 Å². The third-order valence-electron chi connectivity index (χ3n) is 6.72. The maximum atomic E-state index is 13.5. The zero-order chi connectivity index (χ0) is 23.5. The summed E-state index contributed by atoms with van der Waals surface area (Å²) in [5, 5.41) is 3.31. The van der Waals surface area contributed by atoms with Crippen LogP contribution in [0.25, 0.3) is 10.9 Å². The van der Waals surface area contributed by atoms with E-state index in [1.807, 2.05) is 0 Å². The number of fused-ring (bicyclic) bond motifs is 1. The SMILES string of the molecule is C[CH]C(=O)N[C@H](C(=O)N1CCN(C(=O)c2cc3cc(F)c(F)cc3[nH]2)CC1)C1CCCCC1. The third kappa shape index (κ3) is 5.02. The highest BCUT2D eigenvalue weighted by atomic mass is 19.2. The Morgan fingerprint density at radius 3 is 2.30 bits per heavy atom. The predicted octanol–water partition coefficient (Wildman–Crippen LogP) is 3.02. The minimum absolute atomic E-state index is 0.0965. The fourth-order valence-electron chi connectivity index (χ4n) is 4.82. The Labute approximate surface area is 191 Å². The van der Waals surface area contributed by atoms with Crippen molar-refractivity contribution in [3.8, 4) is 0 Å². The van der Waals surface area contributed by atoms with Crippen LogP contribution in [0.2, 0.25) is 0 Å². The molecule has 1 atom stereocenters. The number of carbonyl (C=O) groups excluding carboxylic acids is 3. The topological polar surface area (TPSA) is 85.5 Å². The zero-order valence-corrected chi connectivity index (χ0v) is 18.7. The van der Waals surface area contributed by atoms with E-state index < -0.39 is 17.7 Å². The second kappa shape index (κ2) is 9.89. The quantitative estimate of drug-likeness (QED) is 0.721. The number of halogens is 2. The van der Waals surface area contributed by atoms with Crippen LogP contribution in [-0.2, 0) is 9.59 Å². The number of aromatic amines is 1. The molecule has 177 valence electrons. The van der Waals surface area contributed by atoms with Crippen LogP contribution < -0.4 is 5.32 Å². The molecule has 1 saturated heterocycles. The average molecular weight is 460 g/mol. The van der Waals surface area contributed by atoms with Crippen molar-refractivity contribution in [2.24, 2.45) is 5.92 Å². The monoisotopic (exact) mass is 459 g/mol. The summed E-state index contributed by atoms with van der Waals surface area (Å²) in [6.45, 7) is 3.06. The normalized spacial score (nSPS) is 18.4. The van der Waals surface area contributed by atoms with Crippen LogP contribution in [-0.4, -0.2) is 64.7 Å². The molecule has 33 heavy (non-hydrogen) atoms. The van der Waals surface area contributed by atoms with Gasteiger partial charge in [0.25, 0.3) is 5.91 Å². The number of nitrogens with zero attached hydrogens (tertiary/aromatic N) is 2. The largest absolute Gasteiger partial charge is 0.350 e. The molecule has 1 aromatic carbocycles. The minimum Gasteiger partial charge on any atom is -0.350 e. The van der Waals surface area contributed by atoms with E-state index in [1.165, 1.54) is 12.5 Å². The molecule has 4 rings (SSSR count). The molecule has 3 amide bonds.